The lowest BCUT2D eigenvalue weighted by molar-refractivity contribution is 0.103. The minimum absolute atomic E-state index is 0.0565. The third-order valence-electron chi connectivity index (χ3n) is 3.80. The molecule has 0 bridgehead atoms. The summed E-state index contributed by atoms with van der Waals surface area (Å²) in [4.78, 5) is 13.1. The van der Waals surface area contributed by atoms with Gasteiger partial charge >= 0.3 is 0 Å². The molecule has 24 heavy (non-hydrogen) atoms. The summed E-state index contributed by atoms with van der Waals surface area (Å²) in [5, 5.41) is 10.6. The van der Waals surface area contributed by atoms with E-state index in [-0.39, 0.29) is 11.5 Å². The molecule has 0 fully saturated rings. The second-order valence-corrected chi connectivity index (χ2v) is 6.94. The SMILES string of the molecule is CCc1oc2ccc(OC)cc2c1C(=O)c1cc(Br)c(O)c(Br)c1. The van der Waals surface area contributed by atoms with E-state index in [0.29, 0.717) is 43.6 Å². The molecule has 0 unspecified atom stereocenters. The maximum Gasteiger partial charge on any atom is 0.197 e. The molecule has 3 rings (SSSR count). The summed E-state index contributed by atoms with van der Waals surface area (Å²) in [5.74, 6) is 1.18. The van der Waals surface area contributed by atoms with E-state index in [1.165, 1.54) is 0 Å². The lowest BCUT2D eigenvalue weighted by atomic mass is 9.99. The summed E-state index contributed by atoms with van der Waals surface area (Å²) < 4.78 is 12.0. The Labute approximate surface area is 155 Å². The zero-order valence-corrected chi connectivity index (χ0v) is 16.2. The molecule has 2 aromatic carbocycles. The molecule has 0 radical (unpaired) electrons. The van der Waals surface area contributed by atoms with Gasteiger partial charge in [-0.3, -0.25) is 4.79 Å². The van der Waals surface area contributed by atoms with Crippen molar-refractivity contribution >= 4 is 48.6 Å². The molecule has 0 saturated carbocycles. The first-order valence-electron chi connectivity index (χ1n) is 7.28. The van der Waals surface area contributed by atoms with Gasteiger partial charge in [-0.05, 0) is 62.2 Å². The highest BCUT2D eigenvalue weighted by atomic mass is 79.9. The highest BCUT2D eigenvalue weighted by Crippen LogP contribution is 2.36. The average molecular weight is 454 g/mol. The lowest BCUT2D eigenvalue weighted by Crippen LogP contribution is -2.04. The maximum atomic E-state index is 13.1. The van der Waals surface area contributed by atoms with Crippen molar-refractivity contribution in [2.24, 2.45) is 0 Å². The predicted molar refractivity (Wildman–Crippen MR) is 99.1 cm³/mol. The summed E-state index contributed by atoms with van der Waals surface area (Å²) in [6.45, 7) is 1.94. The van der Waals surface area contributed by atoms with Gasteiger partial charge < -0.3 is 14.3 Å². The standard InChI is InChI=1S/C18H14Br2O4/c1-3-14-16(11-8-10(23-2)4-5-15(11)24-14)17(21)9-6-12(19)18(22)13(20)7-9/h4-8,22H,3H2,1-2H3. The topological polar surface area (TPSA) is 59.7 Å². The van der Waals surface area contributed by atoms with Crippen LogP contribution in [-0.2, 0) is 6.42 Å². The Hall–Kier alpha value is -1.79. The van der Waals surface area contributed by atoms with Gasteiger partial charge in [0, 0.05) is 17.4 Å². The zero-order valence-electron chi connectivity index (χ0n) is 13.0. The summed E-state index contributed by atoms with van der Waals surface area (Å²) in [7, 11) is 1.58. The molecule has 0 aliphatic carbocycles. The number of carbonyl (C=O) groups excluding carboxylic acids is 1. The van der Waals surface area contributed by atoms with Crippen LogP contribution >= 0.6 is 31.9 Å². The minimum atomic E-state index is -0.166. The van der Waals surface area contributed by atoms with Crippen LogP contribution in [0.4, 0.5) is 0 Å². The number of methoxy groups -OCH3 is 1. The van der Waals surface area contributed by atoms with Gasteiger partial charge in [-0.2, -0.15) is 0 Å². The molecule has 0 spiro atoms. The third-order valence-corrected chi connectivity index (χ3v) is 5.00. The smallest absolute Gasteiger partial charge is 0.197 e. The highest BCUT2D eigenvalue weighted by molar-refractivity contribution is 9.11. The normalized spacial score (nSPS) is 11.0. The molecule has 124 valence electrons. The van der Waals surface area contributed by atoms with Crippen molar-refractivity contribution in [3.8, 4) is 11.5 Å². The van der Waals surface area contributed by atoms with Crippen LogP contribution < -0.4 is 4.74 Å². The van der Waals surface area contributed by atoms with Gasteiger partial charge in [0.25, 0.3) is 0 Å². The van der Waals surface area contributed by atoms with Gasteiger partial charge in [0.05, 0.1) is 21.6 Å². The van der Waals surface area contributed by atoms with Crippen molar-refractivity contribution in [3.05, 3.63) is 56.2 Å². The van der Waals surface area contributed by atoms with Gasteiger partial charge in [0.15, 0.2) is 5.78 Å². The fraction of sp³-hybridized carbons (Fsp3) is 0.167. The van der Waals surface area contributed by atoms with Crippen LogP contribution in [0.5, 0.6) is 11.5 Å². The van der Waals surface area contributed by atoms with Crippen molar-refractivity contribution in [1.29, 1.82) is 0 Å². The summed E-state index contributed by atoms with van der Waals surface area (Å²) in [6.07, 6.45) is 0.596. The zero-order chi connectivity index (χ0) is 17.4. The van der Waals surface area contributed by atoms with Crippen molar-refractivity contribution in [2.45, 2.75) is 13.3 Å². The van der Waals surface area contributed by atoms with Crippen LogP contribution in [0.3, 0.4) is 0 Å². The molecular formula is C18H14Br2O4. The van der Waals surface area contributed by atoms with Crippen LogP contribution in [0.15, 0.2) is 43.7 Å². The number of benzene rings is 2. The molecule has 0 saturated heterocycles. The van der Waals surface area contributed by atoms with E-state index in [9.17, 15) is 9.90 Å². The fourth-order valence-corrected chi connectivity index (χ4v) is 3.78. The van der Waals surface area contributed by atoms with Crippen LogP contribution in [0, 0.1) is 0 Å². The molecule has 1 heterocycles. The van der Waals surface area contributed by atoms with Crippen molar-refractivity contribution in [3.63, 3.8) is 0 Å². The number of phenols is 1. The molecular weight excluding hydrogens is 440 g/mol. The second kappa shape index (κ2) is 6.61. The molecule has 0 atom stereocenters. The van der Waals surface area contributed by atoms with E-state index in [1.807, 2.05) is 6.92 Å². The Morgan fingerprint density at radius 2 is 1.88 bits per heavy atom. The Kier molecular flexibility index (Phi) is 4.69. The van der Waals surface area contributed by atoms with Crippen LogP contribution in [0.2, 0.25) is 0 Å². The van der Waals surface area contributed by atoms with Crippen molar-refractivity contribution in [1.82, 2.24) is 0 Å². The molecule has 6 heteroatoms. The Bertz CT molecular complexity index is 921. The van der Waals surface area contributed by atoms with Gasteiger partial charge in [0.2, 0.25) is 0 Å². The van der Waals surface area contributed by atoms with Crippen molar-refractivity contribution in [2.75, 3.05) is 7.11 Å². The van der Waals surface area contributed by atoms with Gasteiger partial charge in [0.1, 0.15) is 22.8 Å². The highest BCUT2D eigenvalue weighted by Gasteiger charge is 2.23. The number of ether oxygens (including phenoxy) is 1. The first-order chi connectivity index (χ1) is 11.5. The van der Waals surface area contributed by atoms with E-state index in [1.54, 1.807) is 37.4 Å². The summed E-state index contributed by atoms with van der Waals surface area (Å²) >= 11 is 6.52. The molecule has 3 aromatic rings. The number of hydrogen-bond acceptors (Lipinski definition) is 4. The third kappa shape index (κ3) is 2.84. The number of aromatic hydroxyl groups is 1. The number of furan rings is 1. The summed E-state index contributed by atoms with van der Waals surface area (Å²) in [5.41, 5.74) is 1.62. The largest absolute Gasteiger partial charge is 0.506 e. The minimum Gasteiger partial charge on any atom is -0.506 e. The maximum absolute atomic E-state index is 13.1. The summed E-state index contributed by atoms with van der Waals surface area (Å²) in [6, 6.07) is 8.59. The number of ketones is 1. The van der Waals surface area contributed by atoms with Crippen molar-refractivity contribution < 1.29 is 19.1 Å². The lowest BCUT2D eigenvalue weighted by Gasteiger charge is -2.06. The monoisotopic (exact) mass is 452 g/mol. The molecule has 1 N–H and O–H groups in total. The number of fused-ring (bicyclic) bond motifs is 1. The molecule has 0 aliphatic rings. The average Bonchev–Trinajstić information content (AvgIpc) is 2.95. The van der Waals surface area contributed by atoms with E-state index >= 15 is 0 Å². The first kappa shape index (κ1) is 17.0. The van der Waals surface area contributed by atoms with Gasteiger partial charge in [-0.1, -0.05) is 6.92 Å². The van der Waals surface area contributed by atoms with E-state index < -0.39 is 0 Å². The van der Waals surface area contributed by atoms with E-state index in [4.69, 9.17) is 9.15 Å². The predicted octanol–water partition coefficient (Wildman–Crippen LogP) is 5.47. The first-order valence-corrected chi connectivity index (χ1v) is 8.87. The fourth-order valence-electron chi connectivity index (χ4n) is 2.59. The number of hydrogen-bond donors (Lipinski definition) is 1. The number of halogens is 2. The van der Waals surface area contributed by atoms with Crippen LogP contribution in [0.25, 0.3) is 11.0 Å². The second-order valence-electron chi connectivity index (χ2n) is 5.23. The molecule has 4 nitrogen and oxygen atoms in total. The molecule has 0 aliphatic heterocycles. The quantitative estimate of drug-likeness (QED) is 0.532. The van der Waals surface area contributed by atoms with E-state index in [2.05, 4.69) is 31.9 Å². The van der Waals surface area contributed by atoms with Crippen LogP contribution in [-0.4, -0.2) is 18.0 Å². The molecule has 0 amide bonds. The Morgan fingerprint density at radius 1 is 1.21 bits per heavy atom. The van der Waals surface area contributed by atoms with Gasteiger partial charge in [-0.25, -0.2) is 0 Å². The Morgan fingerprint density at radius 3 is 2.46 bits per heavy atom. The number of aryl methyl sites for hydroxylation is 1. The molecule has 1 aromatic heterocycles. The number of phenolic OH excluding ortho intramolecular Hbond substituents is 1. The Balaban J connectivity index is 2.22. The van der Waals surface area contributed by atoms with Crippen LogP contribution in [0.1, 0.15) is 28.6 Å². The van der Waals surface area contributed by atoms with Gasteiger partial charge in [-0.15, -0.1) is 0 Å². The number of rotatable bonds is 4. The van der Waals surface area contributed by atoms with E-state index in [0.717, 1.165) is 5.39 Å². The number of carbonyl (C=O) groups is 1.